The van der Waals surface area contributed by atoms with E-state index in [1.807, 2.05) is 11.3 Å². The summed E-state index contributed by atoms with van der Waals surface area (Å²) >= 11 is 1.85. The van der Waals surface area contributed by atoms with Crippen LogP contribution in [0.3, 0.4) is 0 Å². The number of rotatable bonds is 4. The van der Waals surface area contributed by atoms with Gasteiger partial charge in [0.2, 0.25) is 0 Å². The van der Waals surface area contributed by atoms with Crippen molar-refractivity contribution in [2.75, 3.05) is 20.3 Å². The molecular formula is C11H18N2OS. The Morgan fingerprint density at radius 3 is 3.20 bits per heavy atom. The van der Waals surface area contributed by atoms with E-state index in [0.29, 0.717) is 5.92 Å². The van der Waals surface area contributed by atoms with E-state index in [4.69, 9.17) is 15.5 Å². The normalized spacial score (nSPS) is 20.3. The second-order valence-electron chi connectivity index (χ2n) is 3.98. The first-order valence-corrected chi connectivity index (χ1v) is 6.34. The molecule has 0 bridgehead atoms. The summed E-state index contributed by atoms with van der Waals surface area (Å²) in [6, 6.07) is 0. The summed E-state index contributed by atoms with van der Waals surface area (Å²) < 4.78 is 5.07. The zero-order valence-electron chi connectivity index (χ0n) is 9.16. The number of aryl methyl sites for hydroxylation is 1. The Kier molecular flexibility index (Phi) is 3.72. The van der Waals surface area contributed by atoms with Crippen LogP contribution in [0.25, 0.3) is 0 Å². The zero-order valence-corrected chi connectivity index (χ0v) is 9.98. The van der Waals surface area contributed by atoms with E-state index >= 15 is 0 Å². The minimum absolute atomic E-state index is 0.501. The zero-order chi connectivity index (χ0) is 10.7. The predicted octanol–water partition coefficient (Wildman–Crippen LogP) is 1.71. The Morgan fingerprint density at radius 2 is 2.47 bits per heavy atom. The lowest BCUT2D eigenvalue weighted by atomic mass is 9.91. The van der Waals surface area contributed by atoms with Crippen LogP contribution in [0.5, 0.6) is 0 Å². The Bertz CT molecular complexity index is 324. The Morgan fingerprint density at radius 1 is 1.60 bits per heavy atom. The van der Waals surface area contributed by atoms with Crippen LogP contribution in [0.1, 0.15) is 34.3 Å². The summed E-state index contributed by atoms with van der Waals surface area (Å²) in [5, 5.41) is 1.21. The molecule has 0 radical (unpaired) electrons. The van der Waals surface area contributed by atoms with Crippen LogP contribution >= 0.6 is 11.3 Å². The molecule has 1 aromatic rings. The lowest BCUT2D eigenvalue weighted by Gasteiger charge is -2.18. The van der Waals surface area contributed by atoms with Gasteiger partial charge in [0.25, 0.3) is 0 Å². The van der Waals surface area contributed by atoms with Crippen molar-refractivity contribution in [1.29, 1.82) is 0 Å². The molecule has 1 atom stereocenters. The van der Waals surface area contributed by atoms with Gasteiger partial charge in [0, 0.05) is 30.9 Å². The molecule has 1 heterocycles. The van der Waals surface area contributed by atoms with Gasteiger partial charge in [-0.15, -0.1) is 11.3 Å². The van der Waals surface area contributed by atoms with Crippen LogP contribution in [0, 0.1) is 0 Å². The van der Waals surface area contributed by atoms with Gasteiger partial charge in [-0.05, 0) is 19.3 Å². The van der Waals surface area contributed by atoms with Crippen LogP contribution in [0.4, 0.5) is 0 Å². The average molecular weight is 226 g/mol. The van der Waals surface area contributed by atoms with Crippen molar-refractivity contribution in [1.82, 2.24) is 4.98 Å². The largest absolute Gasteiger partial charge is 0.384 e. The van der Waals surface area contributed by atoms with Crippen LogP contribution < -0.4 is 5.73 Å². The molecule has 0 spiro atoms. The molecule has 1 aromatic heterocycles. The highest BCUT2D eigenvalue weighted by atomic mass is 32.1. The van der Waals surface area contributed by atoms with E-state index in [9.17, 15) is 0 Å². The van der Waals surface area contributed by atoms with E-state index in [1.54, 1.807) is 7.11 Å². The van der Waals surface area contributed by atoms with Gasteiger partial charge in [0.1, 0.15) is 0 Å². The molecule has 15 heavy (non-hydrogen) atoms. The number of methoxy groups -OCH3 is 1. The molecule has 0 saturated carbocycles. The number of fused-ring (bicyclic) bond motifs is 1. The van der Waals surface area contributed by atoms with Crippen LogP contribution in [-0.2, 0) is 17.6 Å². The van der Waals surface area contributed by atoms with Crippen LogP contribution in [-0.4, -0.2) is 25.2 Å². The average Bonchev–Trinajstić information content (AvgIpc) is 2.68. The van der Waals surface area contributed by atoms with Gasteiger partial charge >= 0.3 is 0 Å². The third-order valence-corrected chi connectivity index (χ3v) is 4.11. The maximum absolute atomic E-state index is 5.77. The molecule has 84 valence electrons. The summed E-state index contributed by atoms with van der Waals surface area (Å²) in [6.45, 7) is 1.50. The van der Waals surface area contributed by atoms with Crippen molar-refractivity contribution in [3.05, 3.63) is 15.6 Å². The second kappa shape index (κ2) is 5.05. The van der Waals surface area contributed by atoms with Crippen molar-refractivity contribution in [2.24, 2.45) is 5.73 Å². The molecule has 2 rings (SSSR count). The molecule has 4 heteroatoms. The number of aromatic nitrogens is 1. The fraction of sp³-hybridized carbons (Fsp3) is 0.727. The topological polar surface area (TPSA) is 48.1 Å². The molecule has 3 nitrogen and oxygen atoms in total. The third-order valence-electron chi connectivity index (χ3n) is 2.92. The van der Waals surface area contributed by atoms with Gasteiger partial charge in [0.05, 0.1) is 17.3 Å². The van der Waals surface area contributed by atoms with Gasteiger partial charge in [-0.3, -0.25) is 0 Å². The second-order valence-corrected chi connectivity index (χ2v) is 5.15. The smallest absolute Gasteiger partial charge is 0.0954 e. The number of hydrogen-bond donors (Lipinski definition) is 1. The molecule has 1 aliphatic rings. The van der Waals surface area contributed by atoms with Gasteiger partial charge in [0.15, 0.2) is 0 Å². The minimum Gasteiger partial charge on any atom is -0.384 e. The maximum atomic E-state index is 5.77. The number of nitrogens with zero attached hydrogens (tertiary/aromatic N) is 1. The maximum Gasteiger partial charge on any atom is 0.0954 e. The van der Waals surface area contributed by atoms with E-state index < -0.39 is 0 Å². The summed E-state index contributed by atoms with van der Waals surface area (Å²) in [5.41, 5.74) is 7.05. The van der Waals surface area contributed by atoms with E-state index in [0.717, 1.165) is 19.6 Å². The molecule has 1 unspecified atom stereocenters. The van der Waals surface area contributed by atoms with Gasteiger partial charge in [-0.1, -0.05) is 0 Å². The first-order valence-electron chi connectivity index (χ1n) is 5.52. The van der Waals surface area contributed by atoms with Gasteiger partial charge in [-0.25, -0.2) is 4.98 Å². The lowest BCUT2D eigenvalue weighted by Crippen LogP contribution is -2.17. The SMILES string of the molecule is COCCc1nc2c(s1)CCCC2CN. The number of hydrogen-bond acceptors (Lipinski definition) is 4. The van der Waals surface area contributed by atoms with E-state index in [-0.39, 0.29) is 0 Å². The van der Waals surface area contributed by atoms with Gasteiger partial charge < -0.3 is 10.5 Å². The fourth-order valence-electron chi connectivity index (χ4n) is 2.08. The highest BCUT2D eigenvalue weighted by Crippen LogP contribution is 2.34. The molecular weight excluding hydrogens is 208 g/mol. The summed E-state index contributed by atoms with van der Waals surface area (Å²) in [4.78, 5) is 6.16. The van der Waals surface area contributed by atoms with Crippen LogP contribution in [0.15, 0.2) is 0 Å². The monoisotopic (exact) mass is 226 g/mol. The molecule has 0 amide bonds. The first-order chi connectivity index (χ1) is 7.35. The lowest BCUT2D eigenvalue weighted by molar-refractivity contribution is 0.202. The predicted molar refractivity (Wildman–Crippen MR) is 62.4 cm³/mol. The van der Waals surface area contributed by atoms with Gasteiger partial charge in [-0.2, -0.15) is 0 Å². The van der Waals surface area contributed by atoms with E-state index in [1.165, 1.54) is 34.8 Å². The summed E-state index contributed by atoms with van der Waals surface area (Å²) in [6.07, 6.45) is 4.60. The Balaban J connectivity index is 2.14. The summed E-state index contributed by atoms with van der Waals surface area (Å²) in [7, 11) is 1.73. The molecule has 0 aromatic carbocycles. The molecule has 2 N–H and O–H groups in total. The third kappa shape index (κ3) is 2.38. The molecule has 1 aliphatic carbocycles. The van der Waals surface area contributed by atoms with Crippen LogP contribution in [0.2, 0.25) is 0 Å². The number of thiazole rings is 1. The highest BCUT2D eigenvalue weighted by molar-refractivity contribution is 7.11. The van der Waals surface area contributed by atoms with Crippen molar-refractivity contribution in [3.8, 4) is 0 Å². The van der Waals surface area contributed by atoms with Crippen molar-refractivity contribution < 1.29 is 4.74 Å². The molecule has 0 saturated heterocycles. The number of ether oxygens (including phenoxy) is 1. The Hall–Kier alpha value is -0.450. The Labute approximate surface area is 94.7 Å². The van der Waals surface area contributed by atoms with E-state index in [2.05, 4.69) is 0 Å². The van der Waals surface area contributed by atoms with Crippen molar-refractivity contribution >= 4 is 11.3 Å². The minimum atomic E-state index is 0.501. The highest BCUT2D eigenvalue weighted by Gasteiger charge is 2.23. The van der Waals surface area contributed by atoms with Crippen molar-refractivity contribution in [2.45, 2.75) is 31.6 Å². The number of nitrogens with two attached hydrogens (primary N) is 1. The standard InChI is InChI=1S/C11H18N2OS/c1-14-6-5-10-13-11-8(7-12)3-2-4-9(11)15-10/h8H,2-7,12H2,1H3. The molecule has 0 fully saturated rings. The van der Waals surface area contributed by atoms with Crippen molar-refractivity contribution in [3.63, 3.8) is 0 Å². The fourth-order valence-corrected chi connectivity index (χ4v) is 3.26. The summed E-state index contributed by atoms with van der Waals surface area (Å²) in [5.74, 6) is 0.501. The molecule has 0 aliphatic heterocycles. The quantitative estimate of drug-likeness (QED) is 0.850. The first kappa shape index (κ1) is 11.0.